The van der Waals surface area contributed by atoms with Crippen molar-refractivity contribution in [2.24, 2.45) is 5.73 Å². The summed E-state index contributed by atoms with van der Waals surface area (Å²) in [5.74, 6) is -4.97. The van der Waals surface area contributed by atoms with E-state index in [1.807, 2.05) is 23.1 Å². The molecule has 1 fully saturated rings. The van der Waals surface area contributed by atoms with Gasteiger partial charge in [0.1, 0.15) is 0 Å². The van der Waals surface area contributed by atoms with Crippen LogP contribution in [0.3, 0.4) is 0 Å². The third kappa shape index (κ3) is 6.32. The maximum atomic E-state index is 13.2. The molecule has 1 aliphatic carbocycles. The van der Waals surface area contributed by atoms with E-state index in [9.17, 15) is 19.2 Å². The van der Waals surface area contributed by atoms with Crippen molar-refractivity contribution in [2.75, 3.05) is 24.5 Å². The van der Waals surface area contributed by atoms with Crippen molar-refractivity contribution in [2.45, 2.75) is 55.6 Å². The summed E-state index contributed by atoms with van der Waals surface area (Å²) in [7, 11) is 0. The fourth-order valence-electron chi connectivity index (χ4n) is 6.06. The molecule has 0 bridgehead atoms. The number of nitrogens with one attached hydrogen (secondary N) is 1. The number of aliphatic hydroxyl groups is 1. The number of benzene rings is 2. The summed E-state index contributed by atoms with van der Waals surface area (Å²) in [4.78, 5) is 45.6. The molecular formula is C30H35N3O8. The van der Waals surface area contributed by atoms with Crippen molar-refractivity contribution in [1.82, 2.24) is 5.32 Å². The smallest absolute Gasteiger partial charge is 0.336 e. The number of carbonyl (C=O) groups excluding carboxylic acids is 1. The molecule has 7 N–H and O–H groups in total. The Kier molecular flexibility index (Phi) is 8.91. The molecule has 41 heavy (non-hydrogen) atoms. The third-order valence-electron chi connectivity index (χ3n) is 8.07. The number of nitrogens with zero attached hydrogens (tertiary/aromatic N) is 1. The molecule has 1 unspecified atom stereocenters. The Balaban J connectivity index is 0.000000254. The van der Waals surface area contributed by atoms with Gasteiger partial charge in [-0.15, -0.1) is 0 Å². The predicted molar refractivity (Wildman–Crippen MR) is 150 cm³/mol. The van der Waals surface area contributed by atoms with Crippen LogP contribution in [0.4, 0.5) is 5.69 Å². The van der Waals surface area contributed by atoms with Gasteiger partial charge in [0.05, 0.1) is 18.9 Å². The van der Waals surface area contributed by atoms with Gasteiger partial charge in [-0.05, 0) is 61.5 Å². The Morgan fingerprint density at radius 1 is 0.951 bits per heavy atom. The van der Waals surface area contributed by atoms with Crippen LogP contribution in [-0.4, -0.2) is 75.5 Å². The molecule has 11 nitrogen and oxygen atoms in total. The minimum Gasteiger partial charge on any atom is -0.481 e. The summed E-state index contributed by atoms with van der Waals surface area (Å²) in [6.45, 7) is 2.75. The first kappa shape index (κ1) is 29.9. The highest BCUT2D eigenvalue weighted by Crippen LogP contribution is 2.49. The Morgan fingerprint density at radius 2 is 1.56 bits per heavy atom. The zero-order chi connectivity index (χ0) is 29.8. The van der Waals surface area contributed by atoms with Gasteiger partial charge in [-0.1, -0.05) is 54.1 Å². The molecule has 2 heterocycles. The number of rotatable bonds is 8. The zero-order valence-electron chi connectivity index (χ0n) is 22.6. The first-order valence-electron chi connectivity index (χ1n) is 13.5. The maximum absolute atomic E-state index is 13.2. The molecule has 11 heteroatoms. The van der Waals surface area contributed by atoms with E-state index in [0.717, 1.165) is 44.6 Å². The lowest BCUT2D eigenvalue weighted by Gasteiger charge is -2.39. The molecular weight excluding hydrogens is 530 g/mol. The van der Waals surface area contributed by atoms with Gasteiger partial charge >= 0.3 is 17.9 Å². The van der Waals surface area contributed by atoms with Gasteiger partial charge in [0.2, 0.25) is 5.91 Å². The molecule has 2 aromatic carbocycles. The molecule has 0 radical (unpaired) electrons. The zero-order valence-corrected chi connectivity index (χ0v) is 22.6. The molecule has 2 aromatic rings. The van der Waals surface area contributed by atoms with Crippen molar-refractivity contribution < 1.29 is 39.6 Å². The van der Waals surface area contributed by atoms with Crippen LogP contribution < -0.4 is 16.0 Å². The molecule has 3 aliphatic rings. The first-order valence-corrected chi connectivity index (χ1v) is 13.5. The fraction of sp³-hybridized carbons (Fsp3) is 0.400. The molecule has 2 aliphatic heterocycles. The van der Waals surface area contributed by atoms with Crippen LogP contribution in [-0.2, 0) is 31.0 Å². The van der Waals surface area contributed by atoms with Gasteiger partial charge in [-0.25, -0.2) is 4.79 Å². The second-order valence-corrected chi connectivity index (χ2v) is 10.7. The minimum atomic E-state index is -2.74. The normalized spacial score (nSPS) is 17.5. The number of amides is 1. The van der Waals surface area contributed by atoms with Crippen LogP contribution in [0.2, 0.25) is 0 Å². The largest absolute Gasteiger partial charge is 0.481 e. The van der Waals surface area contributed by atoms with Crippen LogP contribution >= 0.6 is 0 Å². The molecule has 0 saturated carbocycles. The number of nitrogens with two attached hydrogens (primary N) is 1. The van der Waals surface area contributed by atoms with E-state index in [0.29, 0.717) is 6.42 Å². The monoisotopic (exact) mass is 565 g/mol. The molecule has 1 atom stereocenters. The molecule has 5 rings (SSSR count). The van der Waals surface area contributed by atoms with E-state index < -0.39 is 42.4 Å². The molecule has 1 spiro atoms. The van der Waals surface area contributed by atoms with Gasteiger partial charge in [-0.3, -0.25) is 14.4 Å². The van der Waals surface area contributed by atoms with Crippen LogP contribution in [0.1, 0.15) is 48.8 Å². The van der Waals surface area contributed by atoms with Gasteiger partial charge < -0.3 is 36.4 Å². The lowest BCUT2D eigenvalue weighted by Crippen LogP contribution is -2.46. The third-order valence-corrected chi connectivity index (χ3v) is 8.07. The number of piperidine rings is 1. The fourth-order valence-corrected chi connectivity index (χ4v) is 6.06. The quantitative estimate of drug-likeness (QED) is 0.275. The summed E-state index contributed by atoms with van der Waals surface area (Å²) in [6.07, 6.45) is 3.70. The molecule has 1 saturated heterocycles. The number of carbonyl (C=O) groups is 4. The van der Waals surface area contributed by atoms with Crippen molar-refractivity contribution in [3.63, 3.8) is 0 Å². The highest BCUT2D eigenvalue weighted by molar-refractivity contribution is 5.99. The number of para-hydroxylation sites is 1. The van der Waals surface area contributed by atoms with Crippen LogP contribution in [0.5, 0.6) is 0 Å². The molecule has 0 aromatic heterocycles. The number of carboxylic acids is 3. The summed E-state index contributed by atoms with van der Waals surface area (Å²) < 4.78 is 0. The number of hydrogen-bond acceptors (Lipinski definition) is 7. The summed E-state index contributed by atoms with van der Waals surface area (Å²) in [5, 5.41) is 37.3. The highest BCUT2D eigenvalue weighted by Gasteiger charge is 2.43. The van der Waals surface area contributed by atoms with Gasteiger partial charge in [0.15, 0.2) is 5.60 Å². The number of fused-ring (bicyclic) bond motifs is 3. The molecule has 1 amide bonds. The lowest BCUT2D eigenvalue weighted by atomic mass is 9.69. The number of anilines is 1. The van der Waals surface area contributed by atoms with Crippen LogP contribution in [0.15, 0.2) is 54.1 Å². The van der Waals surface area contributed by atoms with Crippen molar-refractivity contribution in [3.05, 3.63) is 70.8 Å². The lowest BCUT2D eigenvalue weighted by molar-refractivity contribution is -0.170. The Hall–Kier alpha value is -4.06. The second-order valence-electron chi connectivity index (χ2n) is 10.7. The van der Waals surface area contributed by atoms with E-state index in [4.69, 9.17) is 26.2 Å². The summed E-state index contributed by atoms with van der Waals surface area (Å²) >= 11 is 0. The van der Waals surface area contributed by atoms with Crippen LogP contribution in [0.25, 0.3) is 6.08 Å². The maximum Gasteiger partial charge on any atom is 0.336 e. The van der Waals surface area contributed by atoms with Crippen molar-refractivity contribution >= 4 is 35.6 Å². The topological polar surface area (TPSA) is 190 Å². The first-order chi connectivity index (χ1) is 19.5. The second kappa shape index (κ2) is 12.2. The van der Waals surface area contributed by atoms with Crippen molar-refractivity contribution in [1.29, 1.82) is 0 Å². The SMILES string of the molecule is NC(CC1=Cc2ccccc2C12CCNCC2)C(=O)N1CCc2ccccc21.O=C(O)CC(O)(CC(=O)O)C(=O)O. The standard InChI is InChI=1S/C24H27N3O.C6H8O7/c25-21(23(28)27-14-9-17-5-2-4-8-22(17)27)16-19-15-18-6-1-3-7-20(18)24(19)10-12-26-13-11-24;7-3(8)1-6(13,5(11)12)2-4(9)10/h1-8,15,21,26H,9-14,16,25H2;13H,1-2H2,(H,7,8)(H,9,10)(H,11,12). The van der Waals surface area contributed by atoms with Gasteiger partial charge in [-0.2, -0.15) is 0 Å². The Morgan fingerprint density at radius 3 is 2.20 bits per heavy atom. The summed E-state index contributed by atoms with van der Waals surface area (Å²) in [6, 6.07) is 16.3. The average Bonchev–Trinajstić information content (AvgIpc) is 3.48. The van der Waals surface area contributed by atoms with E-state index in [1.54, 1.807) is 0 Å². The van der Waals surface area contributed by atoms with Gasteiger partial charge in [0.25, 0.3) is 0 Å². The van der Waals surface area contributed by atoms with Crippen molar-refractivity contribution in [3.8, 4) is 0 Å². The highest BCUT2D eigenvalue weighted by atomic mass is 16.4. The van der Waals surface area contributed by atoms with E-state index >= 15 is 0 Å². The van der Waals surface area contributed by atoms with E-state index in [1.165, 1.54) is 22.3 Å². The number of hydrogen-bond donors (Lipinski definition) is 6. The summed E-state index contributed by atoms with van der Waals surface area (Å²) in [5.41, 5.74) is 10.1. The molecule has 218 valence electrons. The van der Waals surface area contributed by atoms with Gasteiger partial charge in [0, 0.05) is 17.6 Å². The minimum absolute atomic E-state index is 0.0443. The van der Waals surface area contributed by atoms with E-state index in [2.05, 4.69) is 41.7 Å². The predicted octanol–water partition coefficient (Wildman–Crippen LogP) is 1.76. The van der Waals surface area contributed by atoms with E-state index in [-0.39, 0.29) is 11.3 Å². The number of aliphatic carboxylic acids is 3. The Labute approximate surface area is 237 Å². The Bertz CT molecular complexity index is 1350. The van der Waals surface area contributed by atoms with Crippen LogP contribution in [0, 0.1) is 0 Å². The number of carboxylic acid groups (broad SMARTS) is 3. The average molecular weight is 566 g/mol.